The van der Waals surface area contributed by atoms with Gasteiger partial charge in [0.2, 0.25) is 0 Å². The maximum absolute atomic E-state index is 6.57. The Morgan fingerprint density at radius 3 is 2.17 bits per heavy atom. The lowest BCUT2D eigenvalue weighted by molar-refractivity contribution is 0.183. The Morgan fingerprint density at radius 1 is 0.707 bits per heavy atom. The maximum atomic E-state index is 6.57. The lowest BCUT2D eigenvalue weighted by atomic mass is 10.1. The number of rotatable bonds is 11. The van der Waals surface area contributed by atoms with Gasteiger partial charge in [0.1, 0.15) is 36.2 Å². The van der Waals surface area contributed by atoms with Crippen LogP contribution in [0.4, 0.5) is 0 Å². The monoisotopic (exact) mass is 565 g/mol. The van der Waals surface area contributed by atoms with Gasteiger partial charge < -0.3 is 18.9 Å². The van der Waals surface area contributed by atoms with Crippen molar-refractivity contribution in [2.75, 3.05) is 33.4 Å². The first-order valence-corrected chi connectivity index (χ1v) is 15.1. The molecule has 0 atom stereocenters. The van der Waals surface area contributed by atoms with E-state index >= 15 is 0 Å². The average Bonchev–Trinajstić information content (AvgIpc) is 3.39. The van der Waals surface area contributed by atoms with Crippen LogP contribution in [-0.4, -0.2) is 38.3 Å². The van der Waals surface area contributed by atoms with E-state index < -0.39 is 0 Å². The second kappa shape index (κ2) is 13.1. The predicted octanol–water partition coefficient (Wildman–Crippen LogP) is 8.81. The van der Waals surface area contributed by atoms with E-state index in [1.54, 1.807) is 18.4 Å². The van der Waals surface area contributed by atoms with Crippen molar-refractivity contribution in [2.45, 2.75) is 25.9 Å². The van der Waals surface area contributed by atoms with E-state index in [9.17, 15) is 0 Å². The molecule has 4 aromatic carbocycles. The van der Waals surface area contributed by atoms with Crippen LogP contribution in [0.3, 0.4) is 0 Å². The van der Waals surface area contributed by atoms with Gasteiger partial charge in [-0.15, -0.1) is 11.3 Å². The second-order valence-corrected chi connectivity index (χ2v) is 11.3. The Hall–Kier alpha value is -4.00. The fourth-order valence-corrected chi connectivity index (χ4v) is 6.28. The molecule has 0 spiro atoms. The number of piperidine rings is 1. The number of hydrogen-bond donors (Lipinski definition) is 0. The Kier molecular flexibility index (Phi) is 8.69. The molecule has 0 aliphatic carbocycles. The van der Waals surface area contributed by atoms with E-state index in [-0.39, 0.29) is 0 Å². The van der Waals surface area contributed by atoms with Gasteiger partial charge >= 0.3 is 0 Å². The minimum atomic E-state index is 0.527. The highest BCUT2D eigenvalue weighted by atomic mass is 32.1. The van der Waals surface area contributed by atoms with E-state index in [2.05, 4.69) is 41.3 Å². The van der Waals surface area contributed by atoms with Gasteiger partial charge in [0, 0.05) is 16.6 Å². The zero-order valence-electron chi connectivity index (χ0n) is 23.4. The highest BCUT2D eigenvalue weighted by Crippen LogP contribution is 2.47. The summed E-state index contributed by atoms with van der Waals surface area (Å²) in [7, 11) is 1.68. The van der Waals surface area contributed by atoms with Gasteiger partial charge in [-0.3, -0.25) is 4.90 Å². The predicted molar refractivity (Wildman–Crippen MR) is 167 cm³/mol. The number of benzene rings is 4. The van der Waals surface area contributed by atoms with Crippen molar-refractivity contribution in [1.29, 1.82) is 0 Å². The average molecular weight is 566 g/mol. The molecule has 1 saturated heterocycles. The Morgan fingerprint density at radius 2 is 1.41 bits per heavy atom. The molecule has 0 unspecified atom stereocenters. The molecular weight excluding hydrogens is 530 g/mol. The number of thiophene rings is 1. The molecule has 0 bridgehead atoms. The summed E-state index contributed by atoms with van der Waals surface area (Å²) in [4.78, 5) is 3.55. The minimum Gasteiger partial charge on any atom is -0.497 e. The van der Waals surface area contributed by atoms with Gasteiger partial charge in [0.15, 0.2) is 5.75 Å². The van der Waals surface area contributed by atoms with E-state index in [0.29, 0.717) is 13.2 Å². The molecule has 2 heterocycles. The topological polar surface area (TPSA) is 40.2 Å². The molecule has 5 nitrogen and oxygen atoms in total. The first-order chi connectivity index (χ1) is 20.2. The van der Waals surface area contributed by atoms with Crippen molar-refractivity contribution in [1.82, 2.24) is 4.90 Å². The number of likely N-dealkylation sites (tertiary alicyclic amines) is 1. The molecule has 5 aromatic rings. The van der Waals surface area contributed by atoms with E-state index in [0.717, 1.165) is 61.4 Å². The normalized spacial score (nSPS) is 13.7. The van der Waals surface area contributed by atoms with Crippen LogP contribution in [0.2, 0.25) is 0 Å². The van der Waals surface area contributed by atoms with Crippen molar-refractivity contribution in [3.8, 4) is 39.2 Å². The number of methoxy groups -OCH3 is 1. The molecule has 1 aromatic heterocycles. The zero-order valence-corrected chi connectivity index (χ0v) is 24.2. The van der Waals surface area contributed by atoms with Crippen LogP contribution in [0.5, 0.6) is 28.7 Å². The van der Waals surface area contributed by atoms with Gasteiger partial charge in [-0.05, 0) is 104 Å². The fourth-order valence-electron chi connectivity index (χ4n) is 5.12. The number of ether oxygens (including phenoxy) is 4. The molecule has 210 valence electrons. The van der Waals surface area contributed by atoms with Gasteiger partial charge in [-0.1, -0.05) is 36.8 Å². The third kappa shape index (κ3) is 6.84. The lowest BCUT2D eigenvalue weighted by Gasteiger charge is -2.26. The summed E-state index contributed by atoms with van der Waals surface area (Å²) in [5.41, 5.74) is 2.21. The SMILES string of the molecule is COc1ccc(-c2sc3cc(OCc4ccccc4)ccc3c2Oc2ccc(OCCN3CCCCC3)cc2)cc1. The quantitative estimate of drug-likeness (QED) is 0.160. The number of hydrogen-bond acceptors (Lipinski definition) is 6. The molecule has 1 fully saturated rings. The second-order valence-electron chi connectivity index (χ2n) is 10.2. The van der Waals surface area contributed by atoms with Gasteiger partial charge in [-0.2, -0.15) is 0 Å². The van der Waals surface area contributed by atoms with Crippen molar-refractivity contribution in [3.05, 3.63) is 103 Å². The Labute approximate surface area is 245 Å². The van der Waals surface area contributed by atoms with Crippen LogP contribution in [-0.2, 0) is 6.61 Å². The Balaban J connectivity index is 1.21. The van der Waals surface area contributed by atoms with Crippen LogP contribution in [0, 0.1) is 0 Å². The number of fused-ring (bicyclic) bond motifs is 1. The highest BCUT2D eigenvalue weighted by molar-refractivity contribution is 7.22. The van der Waals surface area contributed by atoms with E-state index in [1.807, 2.05) is 60.7 Å². The van der Waals surface area contributed by atoms with Crippen LogP contribution in [0.1, 0.15) is 24.8 Å². The summed E-state index contributed by atoms with van der Waals surface area (Å²) in [6.07, 6.45) is 3.94. The van der Waals surface area contributed by atoms with Gasteiger partial charge in [0.05, 0.1) is 12.0 Å². The standard InChI is InChI=1S/C35H35NO4S/c1-37-28-12-10-27(11-13-28)35-34(32-19-18-31(24-33(32)41-35)39-25-26-8-4-2-5-9-26)40-30-16-14-29(15-17-30)38-23-22-36-20-6-3-7-21-36/h2,4-5,8-19,24H,3,6-7,20-23,25H2,1H3. The summed E-state index contributed by atoms with van der Waals surface area (Å²) in [6, 6.07) is 32.5. The summed E-state index contributed by atoms with van der Waals surface area (Å²) in [5.74, 6) is 4.13. The minimum absolute atomic E-state index is 0.527. The van der Waals surface area contributed by atoms with E-state index in [4.69, 9.17) is 18.9 Å². The first kappa shape index (κ1) is 27.2. The zero-order chi connectivity index (χ0) is 27.9. The molecule has 1 aliphatic heterocycles. The molecule has 41 heavy (non-hydrogen) atoms. The summed E-state index contributed by atoms with van der Waals surface area (Å²) in [5, 5.41) is 1.05. The molecule has 6 rings (SSSR count). The molecule has 0 N–H and O–H groups in total. The van der Waals surface area contributed by atoms with E-state index in [1.165, 1.54) is 32.4 Å². The largest absolute Gasteiger partial charge is 0.497 e. The highest BCUT2D eigenvalue weighted by Gasteiger charge is 2.18. The molecule has 0 amide bonds. The van der Waals surface area contributed by atoms with Crippen molar-refractivity contribution in [2.24, 2.45) is 0 Å². The molecule has 0 saturated carbocycles. The van der Waals surface area contributed by atoms with Crippen LogP contribution in [0.15, 0.2) is 97.1 Å². The smallest absolute Gasteiger partial charge is 0.153 e. The van der Waals surface area contributed by atoms with Gasteiger partial charge in [0.25, 0.3) is 0 Å². The van der Waals surface area contributed by atoms with Crippen LogP contribution < -0.4 is 18.9 Å². The first-order valence-electron chi connectivity index (χ1n) is 14.3. The fraction of sp³-hybridized carbons (Fsp3) is 0.257. The molecule has 6 heteroatoms. The van der Waals surface area contributed by atoms with Crippen LogP contribution >= 0.6 is 11.3 Å². The van der Waals surface area contributed by atoms with Gasteiger partial charge in [-0.25, -0.2) is 0 Å². The van der Waals surface area contributed by atoms with Crippen molar-refractivity contribution in [3.63, 3.8) is 0 Å². The third-order valence-electron chi connectivity index (χ3n) is 7.39. The van der Waals surface area contributed by atoms with Crippen LogP contribution in [0.25, 0.3) is 20.5 Å². The van der Waals surface area contributed by atoms with Crippen molar-refractivity contribution < 1.29 is 18.9 Å². The molecular formula is C35H35NO4S. The summed E-state index contributed by atoms with van der Waals surface area (Å²) < 4.78 is 25.2. The molecule has 1 aliphatic rings. The Bertz CT molecular complexity index is 1540. The third-order valence-corrected chi connectivity index (χ3v) is 8.57. The summed E-state index contributed by atoms with van der Waals surface area (Å²) >= 11 is 1.70. The van der Waals surface area contributed by atoms with Crippen molar-refractivity contribution >= 4 is 21.4 Å². The lowest BCUT2D eigenvalue weighted by Crippen LogP contribution is -2.33. The maximum Gasteiger partial charge on any atom is 0.153 e. The summed E-state index contributed by atoms with van der Waals surface area (Å²) in [6.45, 7) is 4.57. The molecule has 0 radical (unpaired) electrons. The number of nitrogens with zero attached hydrogens (tertiary/aromatic N) is 1.